The second-order valence-corrected chi connectivity index (χ2v) is 10.1. The summed E-state index contributed by atoms with van der Waals surface area (Å²) in [6, 6.07) is 17.5. The van der Waals surface area contributed by atoms with E-state index >= 15 is 0 Å². The van der Waals surface area contributed by atoms with Crippen molar-refractivity contribution in [1.29, 1.82) is 0 Å². The first-order valence-corrected chi connectivity index (χ1v) is 11.8. The van der Waals surface area contributed by atoms with Crippen molar-refractivity contribution in [1.82, 2.24) is 9.62 Å². The van der Waals surface area contributed by atoms with Crippen molar-refractivity contribution in [2.75, 3.05) is 6.54 Å². The van der Waals surface area contributed by atoms with E-state index in [1.165, 1.54) is 12.1 Å². The second-order valence-electron chi connectivity index (χ2n) is 8.38. The van der Waals surface area contributed by atoms with Crippen LogP contribution in [0.4, 0.5) is 0 Å². The number of sulfonamides is 1. The SMILES string of the molecule is CC1(C(=O)NS(=O)(=O)c2ccccc2)CCN1C(=O)C1(c2ccccc2)CCCC1. The molecule has 2 aliphatic rings. The Hall–Kier alpha value is -2.67. The van der Waals surface area contributed by atoms with E-state index < -0.39 is 26.9 Å². The lowest BCUT2D eigenvalue weighted by Crippen LogP contribution is -2.70. The zero-order valence-corrected chi connectivity index (χ0v) is 17.8. The molecule has 6 nitrogen and oxygen atoms in total. The highest BCUT2D eigenvalue weighted by Gasteiger charge is 2.56. The van der Waals surface area contributed by atoms with Gasteiger partial charge in [-0.25, -0.2) is 13.1 Å². The van der Waals surface area contributed by atoms with Gasteiger partial charge in [0.05, 0.1) is 10.3 Å². The Morgan fingerprint density at radius 3 is 2.00 bits per heavy atom. The van der Waals surface area contributed by atoms with Crippen LogP contribution in [0.25, 0.3) is 0 Å². The van der Waals surface area contributed by atoms with E-state index in [4.69, 9.17) is 0 Å². The molecule has 0 bridgehead atoms. The van der Waals surface area contributed by atoms with Crippen LogP contribution in [-0.4, -0.2) is 37.2 Å². The Balaban J connectivity index is 1.58. The Labute approximate surface area is 177 Å². The fourth-order valence-electron chi connectivity index (χ4n) is 4.63. The number of nitrogens with zero attached hydrogens (tertiary/aromatic N) is 1. The molecule has 0 spiro atoms. The van der Waals surface area contributed by atoms with Gasteiger partial charge >= 0.3 is 0 Å². The van der Waals surface area contributed by atoms with Crippen molar-refractivity contribution in [3.05, 3.63) is 66.2 Å². The van der Waals surface area contributed by atoms with Crippen molar-refractivity contribution in [2.45, 2.75) is 54.9 Å². The number of nitrogens with one attached hydrogen (secondary N) is 1. The summed E-state index contributed by atoms with van der Waals surface area (Å²) in [7, 11) is -3.99. The summed E-state index contributed by atoms with van der Waals surface area (Å²) >= 11 is 0. The molecule has 2 amide bonds. The van der Waals surface area contributed by atoms with Crippen LogP contribution < -0.4 is 4.72 Å². The third-order valence-electron chi connectivity index (χ3n) is 6.63. The number of hydrogen-bond acceptors (Lipinski definition) is 4. The summed E-state index contributed by atoms with van der Waals surface area (Å²) in [6.45, 7) is 2.10. The topological polar surface area (TPSA) is 83.6 Å². The van der Waals surface area contributed by atoms with E-state index in [0.717, 1.165) is 31.2 Å². The summed E-state index contributed by atoms with van der Waals surface area (Å²) in [5, 5.41) is 0. The highest BCUT2D eigenvalue weighted by atomic mass is 32.2. The van der Waals surface area contributed by atoms with Gasteiger partial charge in [-0.05, 0) is 43.9 Å². The van der Waals surface area contributed by atoms with Crippen LogP contribution in [0.5, 0.6) is 0 Å². The molecule has 1 saturated carbocycles. The molecule has 1 N–H and O–H groups in total. The number of rotatable bonds is 5. The van der Waals surface area contributed by atoms with E-state index in [2.05, 4.69) is 4.72 Å². The molecule has 7 heteroatoms. The normalized spacial score (nSPS) is 22.9. The van der Waals surface area contributed by atoms with Crippen LogP contribution in [0.3, 0.4) is 0 Å². The van der Waals surface area contributed by atoms with Gasteiger partial charge in [0.25, 0.3) is 15.9 Å². The van der Waals surface area contributed by atoms with E-state index in [0.29, 0.717) is 13.0 Å². The van der Waals surface area contributed by atoms with Gasteiger partial charge in [0.1, 0.15) is 5.54 Å². The van der Waals surface area contributed by atoms with E-state index in [1.807, 2.05) is 30.3 Å². The van der Waals surface area contributed by atoms with Gasteiger partial charge in [0.2, 0.25) is 5.91 Å². The zero-order chi connectivity index (χ0) is 21.4. The first-order chi connectivity index (χ1) is 14.3. The van der Waals surface area contributed by atoms with Gasteiger partial charge < -0.3 is 4.90 Å². The van der Waals surface area contributed by atoms with Crippen molar-refractivity contribution in [2.24, 2.45) is 0 Å². The molecular formula is C23H26N2O4S. The molecule has 1 unspecified atom stereocenters. The molecule has 1 heterocycles. The third kappa shape index (κ3) is 3.31. The Morgan fingerprint density at radius 2 is 1.47 bits per heavy atom. The predicted octanol–water partition coefficient (Wildman–Crippen LogP) is 2.99. The minimum Gasteiger partial charge on any atom is -0.327 e. The molecule has 2 fully saturated rings. The zero-order valence-electron chi connectivity index (χ0n) is 17.0. The summed E-state index contributed by atoms with van der Waals surface area (Å²) in [5.41, 5.74) is -0.843. The molecule has 1 atom stereocenters. The summed E-state index contributed by atoms with van der Waals surface area (Å²) in [5.74, 6) is -0.737. The van der Waals surface area contributed by atoms with Gasteiger partial charge in [-0.15, -0.1) is 0 Å². The Bertz CT molecular complexity index is 1050. The minimum absolute atomic E-state index is 0.0238. The third-order valence-corrected chi connectivity index (χ3v) is 7.97. The lowest BCUT2D eigenvalue weighted by molar-refractivity contribution is -0.161. The molecule has 2 aromatic carbocycles. The lowest BCUT2D eigenvalue weighted by atomic mass is 9.74. The molecule has 4 rings (SSSR count). The first-order valence-electron chi connectivity index (χ1n) is 10.3. The molecule has 158 valence electrons. The Kier molecular flexibility index (Phi) is 5.18. The number of likely N-dealkylation sites (tertiary alicyclic amines) is 1. The summed E-state index contributed by atoms with van der Waals surface area (Å²) in [6.07, 6.45) is 3.83. The van der Waals surface area contributed by atoms with E-state index in [1.54, 1.807) is 30.0 Å². The average molecular weight is 427 g/mol. The molecule has 1 saturated heterocycles. The van der Waals surface area contributed by atoms with Crippen molar-refractivity contribution in [3.8, 4) is 0 Å². The van der Waals surface area contributed by atoms with Gasteiger partial charge in [-0.1, -0.05) is 61.4 Å². The monoisotopic (exact) mass is 426 g/mol. The number of amides is 2. The van der Waals surface area contributed by atoms with Crippen LogP contribution >= 0.6 is 0 Å². The molecule has 0 aromatic heterocycles. The minimum atomic E-state index is -3.99. The largest absolute Gasteiger partial charge is 0.327 e. The maximum atomic E-state index is 13.7. The molecule has 1 aliphatic heterocycles. The first kappa shape index (κ1) is 20.6. The van der Waals surface area contributed by atoms with Crippen LogP contribution in [0.1, 0.15) is 44.6 Å². The van der Waals surface area contributed by atoms with Gasteiger partial charge in [0, 0.05) is 6.54 Å². The molecule has 2 aromatic rings. The van der Waals surface area contributed by atoms with Crippen LogP contribution in [0, 0.1) is 0 Å². The predicted molar refractivity (Wildman–Crippen MR) is 113 cm³/mol. The molecule has 0 radical (unpaired) electrons. The maximum Gasteiger partial charge on any atom is 0.264 e. The average Bonchev–Trinajstić information content (AvgIpc) is 3.24. The van der Waals surface area contributed by atoms with E-state index in [-0.39, 0.29) is 10.8 Å². The fourth-order valence-corrected chi connectivity index (χ4v) is 5.73. The Morgan fingerprint density at radius 1 is 0.900 bits per heavy atom. The van der Waals surface area contributed by atoms with Crippen LogP contribution in [-0.2, 0) is 25.0 Å². The van der Waals surface area contributed by atoms with Crippen molar-refractivity contribution in [3.63, 3.8) is 0 Å². The van der Waals surface area contributed by atoms with Crippen LogP contribution in [0.2, 0.25) is 0 Å². The number of carbonyl (C=O) groups excluding carboxylic acids is 2. The highest BCUT2D eigenvalue weighted by Crippen LogP contribution is 2.46. The quantitative estimate of drug-likeness (QED) is 0.797. The maximum absolute atomic E-state index is 13.7. The van der Waals surface area contributed by atoms with Crippen molar-refractivity contribution >= 4 is 21.8 Å². The second kappa shape index (κ2) is 7.54. The fraction of sp³-hybridized carbons (Fsp3) is 0.391. The smallest absolute Gasteiger partial charge is 0.264 e. The number of benzene rings is 2. The molecular weight excluding hydrogens is 400 g/mol. The number of hydrogen-bond donors (Lipinski definition) is 1. The standard InChI is InChI=1S/C23H26N2O4S/c1-22(20(26)24-30(28,29)19-12-6-3-7-13-19)16-17-25(22)21(27)23(14-8-9-15-23)18-10-4-2-5-11-18/h2-7,10-13H,8-9,14-17H2,1H3,(H,24,26). The summed E-state index contributed by atoms with van der Waals surface area (Å²) < 4.78 is 27.4. The lowest BCUT2D eigenvalue weighted by Gasteiger charge is -2.52. The van der Waals surface area contributed by atoms with Gasteiger partial charge in [-0.3, -0.25) is 9.59 Å². The van der Waals surface area contributed by atoms with Gasteiger partial charge in [0.15, 0.2) is 0 Å². The summed E-state index contributed by atoms with van der Waals surface area (Å²) in [4.78, 5) is 28.3. The highest BCUT2D eigenvalue weighted by molar-refractivity contribution is 7.90. The van der Waals surface area contributed by atoms with Crippen molar-refractivity contribution < 1.29 is 18.0 Å². The number of carbonyl (C=O) groups is 2. The van der Waals surface area contributed by atoms with E-state index in [9.17, 15) is 18.0 Å². The van der Waals surface area contributed by atoms with Crippen LogP contribution in [0.15, 0.2) is 65.6 Å². The van der Waals surface area contributed by atoms with Gasteiger partial charge in [-0.2, -0.15) is 0 Å². The molecule has 30 heavy (non-hydrogen) atoms. The molecule has 1 aliphatic carbocycles.